The van der Waals surface area contributed by atoms with E-state index in [1.54, 1.807) is 4.72 Å². The molecule has 0 unspecified atom stereocenters. The lowest BCUT2D eigenvalue weighted by Gasteiger charge is -2.24. The van der Waals surface area contributed by atoms with Crippen LogP contribution in [0.5, 0.6) is 0 Å². The number of hydrogen-bond acceptors (Lipinski definition) is 4. The minimum absolute atomic E-state index is 0.271. The Bertz CT molecular complexity index is 1050. The average Bonchev–Trinajstić information content (AvgIpc) is 2.63. The number of allylic oxidation sites excluding steroid dienone is 1. The average molecular weight is 370 g/mol. The van der Waals surface area contributed by atoms with Gasteiger partial charge < -0.3 is 4.74 Å². The maximum atomic E-state index is 13.8. The molecule has 1 atom stereocenters. The summed E-state index contributed by atoms with van der Waals surface area (Å²) in [5, 5.41) is -3.33. The van der Waals surface area contributed by atoms with Gasteiger partial charge in [-0.1, -0.05) is 17.7 Å². The van der Waals surface area contributed by atoms with Crippen molar-refractivity contribution in [2.45, 2.75) is 31.3 Å². The minimum atomic E-state index is -5.09. The second-order valence-electron chi connectivity index (χ2n) is 4.22. The zero-order chi connectivity index (χ0) is 24.1. The van der Waals surface area contributed by atoms with Crippen LogP contribution in [-0.2, 0) is 19.6 Å². The smallest absolute Gasteiger partial charge is 0.335 e. The molecule has 0 saturated carbocycles. The Morgan fingerprint density at radius 3 is 3.04 bits per heavy atom. The standard InChI is InChI=1S/C15H17ClFNO4S/c1-2-22-15(19)11-5-3-4-6-14(11)23(20,21)18-13-8-7-10(17)9-12(13)16/h5,7-9,14,18H,2-4,6H2,1H3/t14-/m1/s1/i3D2,5D,6D2,7D,8D,9D. The summed E-state index contributed by atoms with van der Waals surface area (Å²) >= 11 is 5.76. The second-order valence-corrected chi connectivity index (χ2v) is 6.37. The van der Waals surface area contributed by atoms with Crippen molar-refractivity contribution in [2.75, 3.05) is 11.3 Å². The van der Waals surface area contributed by atoms with E-state index in [0.717, 1.165) is 0 Å². The number of ether oxygens (including phenoxy) is 1. The molecule has 1 N–H and O–H groups in total. The molecule has 0 fully saturated rings. The second kappa shape index (κ2) is 7.31. The first kappa shape index (κ1) is 9.64. The highest BCUT2D eigenvalue weighted by Gasteiger charge is 2.35. The van der Waals surface area contributed by atoms with Crippen LogP contribution in [0, 0.1) is 5.82 Å². The van der Waals surface area contributed by atoms with Crippen molar-refractivity contribution in [1.82, 2.24) is 0 Å². The van der Waals surface area contributed by atoms with Gasteiger partial charge in [-0.15, -0.1) is 0 Å². The van der Waals surface area contributed by atoms with Crippen LogP contribution in [0.25, 0.3) is 0 Å². The van der Waals surface area contributed by atoms with Gasteiger partial charge in [-0.05, 0) is 44.2 Å². The molecule has 8 heteroatoms. The van der Waals surface area contributed by atoms with Gasteiger partial charge in [0.2, 0.25) is 10.0 Å². The van der Waals surface area contributed by atoms with Crippen molar-refractivity contribution in [1.29, 1.82) is 0 Å². The summed E-state index contributed by atoms with van der Waals surface area (Å²) in [4.78, 5) is 12.4. The maximum absolute atomic E-state index is 13.8. The van der Waals surface area contributed by atoms with Crippen LogP contribution >= 0.6 is 11.6 Å². The van der Waals surface area contributed by atoms with E-state index in [1.165, 1.54) is 6.92 Å². The van der Waals surface area contributed by atoms with E-state index in [9.17, 15) is 17.6 Å². The van der Waals surface area contributed by atoms with Gasteiger partial charge in [0, 0.05) is 5.48 Å². The fourth-order valence-corrected chi connectivity index (χ4v) is 3.27. The van der Waals surface area contributed by atoms with Crippen LogP contribution in [0.1, 0.15) is 37.1 Å². The van der Waals surface area contributed by atoms with Crippen LogP contribution in [0.15, 0.2) is 29.8 Å². The van der Waals surface area contributed by atoms with E-state index < -0.39 is 86.7 Å². The molecule has 0 radical (unpaired) electrons. The fraction of sp³-hybridized carbons (Fsp3) is 0.400. The molecule has 0 spiro atoms. The van der Waals surface area contributed by atoms with E-state index in [0.29, 0.717) is 0 Å². The van der Waals surface area contributed by atoms with E-state index >= 15 is 0 Å². The summed E-state index contributed by atoms with van der Waals surface area (Å²) in [6.45, 7) is 1.10. The van der Waals surface area contributed by atoms with Gasteiger partial charge in [-0.2, -0.15) is 0 Å². The molecule has 126 valence electrons. The van der Waals surface area contributed by atoms with E-state index in [2.05, 4.69) is 0 Å². The molecule has 23 heavy (non-hydrogen) atoms. The third-order valence-corrected chi connectivity index (χ3v) is 4.44. The summed E-state index contributed by atoms with van der Waals surface area (Å²) in [6, 6.07) is -4.35. The van der Waals surface area contributed by atoms with Crippen LogP contribution in [-0.4, -0.2) is 26.2 Å². The lowest BCUT2D eigenvalue weighted by Crippen LogP contribution is -2.34. The Kier molecular flexibility index (Phi) is 3.06. The Morgan fingerprint density at radius 1 is 1.61 bits per heavy atom. The largest absolute Gasteiger partial charge is 0.463 e. The Labute approximate surface area is 150 Å². The maximum Gasteiger partial charge on any atom is 0.335 e. The summed E-state index contributed by atoms with van der Waals surface area (Å²) in [6.07, 6.45) is -6.70. The number of halogens is 2. The highest BCUT2D eigenvalue weighted by atomic mass is 35.5. The number of benzene rings is 1. The third-order valence-electron chi connectivity index (χ3n) is 2.65. The zero-order valence-corrected chi connectivity index (χ0v) is 13.4. The molecule has 0 heterocycles. The molecule has 0 amide bonds. The van der Waals surface area contributed by atoms with Gasteiger partial charge in [0.1, 0.15) is 11.1 Å². The molecule has 2 rings (SSSR count). The summed E-state index contributed by atoms with van der Waals surface area (Å²) < 4.78 is 109. The van der Waals surface area contributed by atoms with Crippen molar-refractivity contribution in [2.24, 2.45) is 0 Å². The van der Waals surface area contributed by atoms with Crippen molar-refractivity contribution >= 4 is 33.3 Å². The molecule has 0 aromatic heterocycles. The van der Waals surface area contributed by atoms with E-state index in [1.807, 2.05) is 0 Å². The van der Waals surface area contributed by atoms with Gasteiger partial charge in [0.05, 0.1) is 28.4 Å². The molecule has 1 aliphatic carbocycles. The van der Waals surface area contributed by atoms with Crippen molar-refractivity contribution in [3.05, 3.63) is 40.6 Å². The molecule has 1 aliphatic rings. The third kappa shape index (κ3) is 4.23. The number of nitrogens with one attached hydrogen (secondary N) is 1. The minimum Gasteiger partial charge on any atom is -0.463 e. The van der Waals surface area contributed by atoms with Gasteiger partial charge in [0.15, 0.2) is 0 Å². The van der Waals surface area contributed by atoms with Gasteiger partial charge in [-0.3, -0.25) is 4.72 Å². The van der Waals surface area contributed by atoms with Crippen LogP contribution in [0.2, 0.25) is 5.02 Å². The molecule has 1 aromatic carbocycles. The highest BCUT2D eigenvalue weighted by Crippen LogP contribution is 2.30. The Morgan fingerprint density at radius 2 is 2.35 bits per heavy atom. The first-order chi connectivity index (χ1) is 14.0. The molecular weight excluding hydrogens is 345 g/mol. The number of anilines is 1. The number of rotatable bonds is 5. The molecule has 0 aliphatic heterocycles. The first-order valence-corrected chi connectivity index (χ1v) is 8.26. The Balaban J connectivity index is 2.74. The van der Waals surface area contributed by atoms with Crippen molar-refractivity contribution in [3.8, 4) is 0 Å². The number of carbonyl (C=O) groups excluding carboxylic acids is 1. The van der Waals surface area contributed by atoms with Crippen LogP contribution in [0.3, 0.4) is 0 Å². The number of hydrogen-bond donors (Lipinski definition) is 1. The predicted octanol–water partition coefficient (Wildman–Crippen LogP) is 3.26. The summed E-state index contributed by atoms with van der Waals surface area (Å²) in [7, 11) is -5.09. The molecule has 0 bridgehead atoms. The fourth-order valence-electron chi connectivity index (χ4n) is 1.72. The zero-order valence-electron chi connectivity index (χ0n) is 19.8. The highest BCUT2D eigenvalue weighted by molar-refractivity contribution is 7.93. The summed E-state index contributed by atoms with van der Waals surface area (Å²) in [5.41, 5.74) is -1.98. The monoisotopic (exact) mass is 369 g/mol. The number of carbonyl (C=O) groups is 1. The lowest BCUT2D eigenvalue weighted by molar-refractivity contribution is -0.138. The summed E-state index contributed by atoms with van der Waals surface area (Å²) in [5.74, 6) is -2.89. The normalized spacial score (nSPS) is 28.0. The van der Waals surface area contributed by atoms with Crippen LogP contribution in [0.4, 0.5) is 10.1 Å². The predicted molar refractivity (Wildman–Crippen MR) is 86.3 cm³/mol. The molecule has 1 aromatic rings. The quantitative estimate of drug-likeness (QED) is 0.808. The number of esters is 1. The van der Waals surface area contributed by atoms with E-state index in [4.69, 9.17) is 27.3 Å². The molecule has 5 nitrogen and oxygen atoms in total. The van der Waals surface area contributed by atoms with Gasteiger partial charge in [0.25, 0.3) is 0 Å². The van der Waals surface area contributed by atoms with Crippen molar-refractivity contribution in [3.63, 3.8) is 0 Å². The topological polar surface area (TPSA) is 72.5 Å². The van der Waals surface area contributed by atoms with Crippen molar-refractivity contribution < 1.29 is 33.3 Å². The van der Waals surface area contributed by atoms with E-state index in [-0.39, 0.29) is 6.61 Å². The lowest BCUT2D eigenvalue weighted by atomic mass is 9.99. The SMILES string of the molecule is [2H]C1=C(C(=O)OCC)[C@H](S(=O)(=O)Nc2c([2H])c([2H])c(F)c([2H])c2Cl)C([2H])([2H])CC1([2H])[2H]. The van der Waals surface area contributed by atoms with Gasteiger partial charge >= 0.3 is 5.97 Å². The first-order valence-electron chi connectivity index (χ1n) is 10.3. The molecular formula is C15H17ClFNO4S. The molecule has 0 saturated heterocycles. The number of sulfonamides is 1. The Hall–Kier alpha value is -1.60. The van der Waals surface area contributed by atoms with Crippen LogP contribution < -0.4 is 4.72 Å². The van der Waals surface area contributed by atoms with Gasteiger partial charge in [-0.25, -0.2) is 17.6 Å².